The average Bonchev–Trinajstić information content (AvgIpc) is 3.05. The zero-order valence-electron chi connectivity index (χ0n) is 17.6. The molecule has 0 fully saturated rings. The maximum atomic E-state index is 13.8. The van der Waals surface area contributed by atoms with Crippen molar-refractivity contribution in [3.05, 3.63) is 35.7 Å². The molecule has 1 heterocycles. The number of halogens is 2. The maximum absolute atomic E-state index is 13.8. The number of unbranched alkanes of at least 4 members (excludes halogenated alkanes) is 1. The Morgan fingerprint density at radius 2 is 2.00 bits per heavy atom. The summed E-state index contributed by atoms with van der Waals surface area (Å²) in [4.78, 5) is 14.6. The van der Waals surface area contributed by atoms with Crippen molar-refractivity contribution >= 4 is 23.4 Å². The van der Waals surface area contributed by atoms with Crippen LogP contribution < -0.4 is 5.32 Å². The molecule has 1 aromatic heterocycles. The van der Waals surface area contributed by atoms with Crippen molar-refractivity contribution in [2.75, 3.05) is 19.4 Å². The highest BCUT2D eigenvalue weighted by molar-refractivity contribution is 8.00. The average molecular weight is 426 g/mol. The maximum Gasteiger partial charge on any atom is 0.237 e. The molecule has 0 spiro atoms. The molecule has 0 aliphatic heterocycles. The summed E-state index contributed by atoms with van der Waals surface area (Å²) in [7, 11) is 4.01. The van der Waals surface area contributed by atoms with Crippen molar-refractivity contribution in [3.8, 4) is 0 Å². The molecule has 29 heavy (non-hydrogen) atoms. The Morgan fingerprint density at radius 1 is 1.28 bits per heavy atom. The Hall–Kier alpha value is -2.00. The van der Waals surface area contributed by atoms with Crippen LogP contribution in [0.5, 0.6) is 0 Å². The second-order valence-corrected chi connectivity index (χ2v) is 8.42. The molecule has 2 unspecified atom stereocenters. The van der Waals surface area contributed by atoms with Crippen LogP contribution in [0.25, 0.3) is 0 Å². The highest BCUT2D eigenvalue weighted by atomic mass is 32.2. The number of carbonyl (C=O) groups excluding carboxylic acids is 1. The largest absolute Gasteiger partial charge is 0.323 e. The Balaban J connectivity index is 2.19. The lowest BCUT2D eigenvalue weighted by Gasteiger charge is -2.23. The summed E-state index contributed by atoms with van der Waals surface area (Å²) in [6.07, 6.45) is 2.88. The fourth-order valence-electron chi connectivity index (χ4n) is 2.98. The number of nitrogens with zero attached hydrogens (tertiary/aromatic N) is 4. The van der Waals surface area contributed by atoms with E-state index in [0.29, 0.717) is 5.16 Å². The summed E-state index contributed by atoms with van der Waals surface area (Å²) in [5, 5.41) is 11.3. The van der Waals surface area contributed by atoms with Gasteiger partial charge in [0.1, 0.15) is 11.6 Å². The van der Waals surface area contributed by atoms with E-state index < -0.39 is 22.8 Å². The van der Waals surface area contributed by atoms with Gasteiger partial charge in [-0.2, -0.15) is 0 Å². The second-order valence-electron chi connectivity index (χ2n) is 7.11. The van der Waals surface area contributed by atoms with Crippen molar-refractivity contribution in [2.24, 2.45) is 0 Å². The van der Waals surface area contributed by atoms with Crippen molar-refractivity contribution in [3.63, 3.8) is 0 Å². The van der Waals surface area contributed by atoms with Gasteiger partial charge in [0.05, 0.1) is 17.0 Å². The van der Waals surface area contributed by atoms with E-state index in [4.69, 9.17) is 0 Å². The van der Waals surface area contributed by atoms with E-state index >= 15 is 0 Å². The van der Waals surface area contributed by atoms with Crippen molar-refractivity contribution in [2.45, 2.75) is 63.0 Å². The molecule has 2 rings (SSSR count). The van der Waals surface area contributed by atoms with Gasteiger partial charge in [0.2, 0.25) is 5.91 Å². The zero-order chi connectivity index (χ0) is 21.6. The molecule has 1 amide bonds. The number of rotatable bonds is 10. The van der Waals surface area contributed by atoms with E-state index in [9.17, 15) is 13.6 Å². The van der Waals surface area contributed by atoms with E-state index in [2.05, 4.69) is 38.8 Å². The van der Waals surface area contributed by atoms with Gasteiger partial charge in [-0.15, -0.1) is 10.2 Å². The molecule has 0 saturated heterocycles. The number of carbonyl (C=O) groups is 1. The van der Waals surface area contributed by atoms with Crippen molar-refractivity contribution in [1.82, 2.24) is 19.7 Å². The van der Waals surface area contributed by atoms with Crippen LogP contribution in [0.1, 0.15) is 51.9 Å². The summed E-state index contributed by atoms with van der Waals surface area (Å²) in [6.45, 7) is 6.68. The number of anilines is 1. The van der Waals surface area contributed by atoms with Gasteiger partial charge in [-0.3, -0.25) is 9.69 Å². The van der Waals surface area contributed by atoms with Crippen LogP contribution in [0.3, 0.4) is 0 Å². The molecule has 2 atom stereocenters. The van der Waals surface area contributed by atoms with Crippen LogP contribution >= 0.6 is 11.8 Å². The van der Waals surface area contributed by atoms with Gasteiger partial charge >= 0.3 is 0 Å². The van der Waals surface area contributed by atoms with E-state index in [1.54, 1.807) is 6.92 Å². The molecule has 0 saturated carbocycles. The molecule has 0 aliphatic rings. The first-order valence-corrected chi connectivity index (χ1v) is 10.7. The van der Waals surface area contributed by atoms with Gasteiger partial charge in [-0.05, 0) is 46.0 Å². The fraction of sp³-hybridized carbons (Fsp3) is 0.550. The highest BCUT2D eigenvalue weighted by Gasteiger charge is 2.25. The van der Waals surface area contributed by atoms with Crippen molar-refractivity contribution < 1.29 is 13.6 Å². The van der Waals surface area contributed by atoms with E-state index in [1.807, 2.05) is 14.1 Å². The monoisotopic (exact) mass is 425 g/mol. The fourth-order valence-corrected chi connectivity index (χ4v) is 3.86. The number of thioether (sulfide) groups is 1. The summed E-state index contributed by atoms with van der Waals surface area (Å²) < 4.78 is 29.2. The van der Waals surface area contributed by atoms with Crippen LogP contribution in [0, 0.1) is 11.6 Å². The first kappa shape index (κ1) is 23.3. The highest BCUT2D eigenvalue weighted by Crippen LogP contribution is 2.28. The van der Waals surface area contributed by atoms with Crippen LogP contribution in [0.4, 0.5) is 14.5 Å². The number of hydrogen-bond donors (Lipinski definition) is 1. The normalized spacial score (nSPS) is 13.5. The number of benzene rings is 1. The zero-order valence-corrected chi connectivity index (χ0v) is 18.4. The first-order chi connectivity index (χ1) is 13.8. The molecule has 0 aliphatic carbocycles. The molecular weight excluding hydrogens is 396 g/mol. The van der Waals surface area contributed by atoms with Crippen molar-refractivity contribution in [1.29, 1.82) is 0 Å². The van der Waals surface area contributed by atoms with Crippen LogP contribution in [-0.2, 0) is 11.3 Å². The predicted molar refractivity (Wildman–Crippen MR) is 112 cm³/mol. The SMILES string of the molecule is CCCCn1c(SC(C)C(=O)Nc2cc(F)ccc2F)nnc1C(CC)N(C)C. The number of aromatic nitrogens is 3. The van der Waals surface area contributed by atoms with E-state index in [-0.39, 0.29) is 11.7 Å². The Morgan fingerprint density at radius 3 is 2.62 bits per heavy atom. The molecule has 160 valence electrons. The summed E-state index contributed by atoms with van der Waals surface area (Å²) >= 11 is 1.26. The lowest BCUT2D eigenvalue weighted by Crippen LogP contribution is -2.25. The Labute approximate surface area is 175 Å². The number of amides is 1. The van der Waals surface area contributed by atoms with Gasteiger partial charge in [-0.25, -0.2) is 8.78 Å². The minimum absolute atomic E-state index is 0.124. The summed E-state index contributed by atoms with van der Waals surface area (Å²) in [5.41, 5.74) is -0.172. The summed E-state index contributed by atoms with van der Waals surface area (Å²) in [5.74, 6) is -0.842. The molecule has 6 nitrogen and oxygen atoms in total. The third kappa shape index (κ3) is 5.99. The van der Waals surface area contributed by atoms with Crippen LogP contribution in [0.15, 0.2) is 23.4 Å². The second kappa shape index (κ2) is 10.7. The minimum Gasteiger partial charge on any atom is -0.323 e. The van der Waals surface area contributed by atoms with E-state index in [1.165, 1.54) is 11.8 Å². The topological polar surface area (TPSA) is 63.1 Å². The third-order valence-electron chi connectivity index (χ3n) is 4.63. The lowest BCUT2D eigenvalue weighted by molar-refractivity contribution is -0.115. The van der Waals surface area contributed by atoms with Gasteiger partial charge in [0.25, 0.3) is 0 Å². The Bertz CT molecular complexity index is 827. The number of hydrogen-bond acceptors (Lipinski definition) is 5. The summed E-state index contributed by atoms with van der Waals surface area (Å²) in [6, 6.07) is 3.09. The number of nitrogens with one attached hydrogen (secondary N) is 1. The van der Waals surface area contributed by atoms with Gasteiger partial charge in [-0.1, -0.05) is 32.0 Å². The van der Waals surface area contributed by atoms with Crippen LogP contribution in [0.2, 0.25) is 0 Å². The molecule has 0 bridgehead atoms. The quantitative estimate of drug-likeness (QED) is 0.569. The van der Waals surface area contributed by atoms with Gasteiger partial charge in [0, 0.05) is 12.6 Å². The lowest BCUT2D eigenvalue weighted by atomic mass is 10.2. The predicted octanol–water partition coefficient (Wildman–Crippen LogP) is 4.49. The molecular formula is C20H29F2N5OS. The smallest absolute Gasteiger partial charge is 0.237 e. The Kier molecular flexibility index (Phi) is 8.58. The molecule has 0 radical (unpaired) electrons. The first-order valence-electron chi connectivity index (χ1n) is 9.80. The molecule has 9 heteroatoms. The van der Waals surface area contributed by atoms with E-state index in [0.717, 1.165) is 49.8 Å². The van der Waals surface area contributed by atoms with Gasteiger partial charge < -0.3 is 9.88 Å². The van der Waals surface area contributed by atoms with Crippen LogP contribution in [-0.4, -0.2) is 44.9 Å². The minimum atomic E-state index is -0.679. The third-order valence-corrected chi connectivity index (χ3v) is 5.71. The molecule has 1 aromatic carbocycles. The standard InChI is InChI=1S/C20H29F2N5OS/c1-6-8-11-27-18(17(7-2)26(4)5)24-25-20(27)29-13(3)19(28)23-16-12-14(21)9-10-15(16)22/h9-10,12-13,17H,6-8,11H2,1-5H3,(H,23,28). The molecule has 2 aromatic rings. The van der Waals surface area contributed by atoms with Gasteiger partial charge in [0.15, 0.2) is 11.0 Å². The molecule has 1 N–H and O–H groups in total.